The van der Waals surface area contributed by atoms with Crippen LogP contribution in [-0.2, 0) is 20.9 Å². The van der Waals surface area contributed by atoms with Crippen LogP contribution in [0, 0.1) is 6.92 Å². The Labute approximate surface area is 217 Å². The van der Waals surface area contributed by atoms with Gasteiger partial charge in [-0.3, -0.25) is 9.88 Å². The summed E-state index contributed by atoms with van der Waals surface area (Å²) in [5, 5.41) is 17.6. The van der Waals surface area contributed by atoms with Crippen LogP contribution >= 0.6 is 11.3 Å². The van der Waals surface area contributed by atoms with Gasteiger partial charge in [-0.05, 0) is 31.9 Å². The van der Waals surface area contributed by atoms with Crippen LogP contribution in [0.4, 0.5) is 31.5 Å². The molecule has 0 aliphatic carbocycles. The third-order valence-electron chi connectivity index (χ3n) is 5.26. The fourth-order valence-electron chi connectivity index (χ4n) is 3.48. The molecular formula is C22H26F6N4O5S. The molecule has 2 aromatic rings. The average molecular weight is 573 g/mol. The van der Waals surface area contributed by atoms with E-state index in [-0.39, 0.29) is 6.04 Å². The summed E-state index contributed by atoms with van der Waals surface area (Å²) in [4.78, 5) is 32.2. The highest BCUT2D eigenvalue weighted by Crippen LogP contribution is 2.31. The number of aliphatic carboxylic acids is 2. The fraction of sp³-hybridized carbons (Fsp3) is 0.545. The molecule has 1 atom stereocenters. The topological polar surface area (TPSA) is 116 Å². The molecule has 2 N–H and O–H groups in total. The summed E-state index contributed by atoms with van der Waals surface area (Å²) >= 11 is 1.77. The first kappa shape index (κ1) is 31.2. The van der Waals surface area contributed by atoms with E-state index >= 15 is 0 Å². The third kappa shape index (κ3) is 10.1. The Morgan fingerprint density at radius 2 is 1.61 bits per heavy atom. The SMILES string of the molecule is Cc1cccc(CN2CCOCC2c2csc(N3CCCC3)n2)n1.O=C(O)C(F)(F)F.O=C(O)C(F)(F)F. The fourth-order valence-corrected chi connectivity index (χ4v) is 4.40. The molecule has 2 saturated heterocycles. The first-order valence-electron chi connectivity index (χ1n) is 11.2. The van der Waals surface area contributed by atoms with Gasteiger partial charge in [-0.15, -0.1) is 11.3 Å². The number of nitrogens with zero attached hydrogens (tertiary/aromatic N) is 4. The van der Waals surface area contributed by atoms with Gasteiger partial charge < -0.3 is 19.8 Å². The van der Waals surface area contributed by atoms with Crippen LogP contribution in [-0.4, -0.2) is 82.2 Å². The molecule has 0 spiro atoms. The lowest BCUT2D eigenvalue weighted by Gasteiger charge is -2.34. The molecule has 9 nitrogen and oxygen atoms in total. The van der Waals surface area contributed by atoms with E-state index in [2.05, 4.69) is 32.3 Å². The summed E-state index contributed by atoms with van der Waals surface area (Å²) in [6, 6.07) is 6.47. The first-order chi connectivity index (χ1) is 17.7. The van der Waals surface area contributed by atoms with E-state index in [1.807, 2.05) is 13.0 Å². The molecule has 0 aromatic carbocycles. The van der Waals surface area contributed by atoms with E-state index in [1.165, 1.54) is 18.0 Å². The van der Waals surface area contributed by atoms with Crippen molar-refractivity contribution in [3.8, 4) is 0 Å². The number of hydrogen-bond acceptors (Lipinski definition) is 8. The van der Waals surface area contributed by atoms with Crippen molar-refractivity contribution in [2.45, 2.75) is 44.7 Å². The lowest BCUT2D eigenvalue weighted by Crippen LogP contribution is -2.39. The second-order valence-electron chi connectivity index (χ2n) is 8.19. The Morgan fingerprint density at radius 1 is 1.03 bits per heavy atom. The van der Waals surface area contributed by atoms with Gasteiger partial charge in [0.25, 0.3) is 0 Å². The summed E-state index contributed by atoms with van der Waals surface area (Å²) in [5.74, 6) is -5.51. The number of thiazole rings is 1. The maximum Gasteiger partial charge on any atom is 0.490 e. The number of ether oxygens (including phenoxy) is 1. The summed E-state index contributed by atoms with van der Waals surface area (Å²) in [5.41, 5.74) is 3.34. The number of halogens is 6. The van der Waals surface area contributed by atoms with Gasteiger partial charge in [0.1, 0.15) is 0 Å². The van der Waals surface area contributed by atoms with Gasteiger partial charge in [0.15, 0.2) is 5.13 Å². The Bertz CT molecular complexity index is 1040. The van der Waals surface area contributed by atoms with Crippen molar-refractivity contribution in [3.05, 3.63) is 40.7 Å². The number of aryl methyl sites for hydroxylation is 1. The standard InChI is InChI=1S/C18H24N4OS.2C2HF3O2/c1-14-5-4-6-15(19-14)11-22-9-10-23-12-17(22)16-13-24-18(20-16)21-7-2-3-8-21;2*3-2(4,5)1(6)7/h4-6,13,17H,2-3,7-12H2,1H3;2*(H,6,7). The van der Waals surface area contributed by atoms with Crippen molar-refractivity contribution in [2.24, 2.45) is 0 Å². The summed E-state index contributed by atoms with van der Waals surface area (Å²) in [7, 11) is 0. The molecule has 2 aromatic heterocycles. The van der Waals surface area contributed by atoms with E-state index in [0.29, 0.717) is 0 Å². The smallest absolute Gasteiger partial charge is 0.475 e. The van der Waals surface area contributed by atoms with Crippen LogP contribution in [0.25, 0.3) is 0 Å². The first-order valence-corrected chi connectivity index (χ1v) is 12.1. The van der Waals surface area contributed by atoms with Gasteiger partial charge in [-0.25, -0.2) is 14.6 Å². The molecule has 2 aliphatic rings. The van der Waals surface area contributed by atoms with Crippen LogP contribution in [0.1, 0.15) is 36.0 Å². The van der Waals surface area contributed by atoms with Gasteiger partial charge in [0, 0.05) is 37.3 Å². The number of pyridine rings is 1. The second-order valence-corrected chi connectivity index (χ2v) is 9.02. The van der Waals surface area contributed by atoms with E-state index < -0.39 is 24.3 Å². The molecule has 1 unspecified atom stereocenters. The van der Waals surface area contributed by atoms with Crippen molar-refractivity contribution in [2.75, 3.05) is 37.7 Å². The number of alkyl halides is 6. The number of rotatable bonds is 4. The number of hydrogen-bond donors (Lipinski definition) is 2. The van der Waals surface area contributed by atoms with Crippen molar-refractivity contribution >= 4 is 28.4 Å². The number of carboxylic acid groups (broad SMARTS) is 2. The molecule has 0 saturated carbocycles. The van der Waals surface area contributed by atoms with Crippen LogP contribution in [0.2, 0.25) is 0 Å². The summed E-state index contributed by atoms with van der Waals surface area (Å²) in [6.07, 6.45) is -7.60. The minimum absolute atomic E-state index is 0.230. The van der Waals surface area contributed by atoms with Crippen molar-refractivity contribution < 1.29 is 50.9 Å². The van der Waals surface area contributed by atoms with E-state index in [1.54, 1.807) is 11.3 Å². The lowest BCUT2D eigenvalue weighted by atomic mass is 10.1. The lowest BCUT2D eigenvalue weighted by molar-refractivity contribution is -0.193. The number of anilines is 1. The van der Waals surface area contributed by atoms with E-state index in [4.69, 9.17) is 29.5 Å². The minimum atomic E-state index is -5.08. The minimum Gasteiger partial charge on any atom is -0.475 e. The number of carboxylic acids is 2. The van der Waals surface area contributed by atoms with Crippen molar-refractivity contribution in [1.82, 2.24) is 14.9 Å². The molecule has 4 rings (SSSR count). The van der Waals surface area contributed by atoms with Crippen molar-refractivity contribution in [3.63, 3.8) is 0 Å². The largest absolute Gasteiger partial charge is 0.490 e. The quantitative estimate of drug-likeness (QED) is 0.518. The molecule has 0 radical (unpaired) electrons. The van der Waals surface area contributed by atoms with Crippen LogP contribution < -0.4 is 4.90 Å². The highest BCUT2D eigenvalue weighted by molar-refractivity contribution is 7.13. The predicted molar refractivity (Wildman–Crippen MR) is 124 cm³/mol. The average Bonchev–Trinajstić information content (AvgIpc) is 3.51. The third-order valence-corrected chi connectivity index (χ3v) is 6.18. The number of morpholine rings is 1. The van der Waals surface area contributed by atoms with Crippen LogP contribution in [0.15, 0.2) is 23.6 Å². The van der Waals surface area contributed by atoms with Crippen LogP contribution in [0.5, 0.6) is 0 Å². The molecule has 4 heterocycles. The van der Waals surface area contributed by atoms with E-state index in [0.717, 1.165) is 56.5 Å². The molecule has 212 valence electrons. The Hall–Kier alpha value is -2.98. The maximum absolute atomic E-state index is 10.6. The van der Waals surface area contributed by atoms with Gasteiger partial charge >= 0.3 is 24.3 Å². The summed E-state index contributed by atoms with van der Waals surface area (Å²) in [6.45, 7) is 7.61. The monoisotopic (exact) mass is 572 g/mol. The highest BCUT2D eigenvalue weighted by Gasteiger charge is 2.39. The highest BCUT2D eigenvalue weighted by atomic mass is 32.1. The molecule has 16 heteroatoms. The van der Waals surface area contributed by atoms with Gasteiger partial charge in [-0.2, -0.15) is 26.3 Å². The Morgan fingerprint density at radius 3 is 2.13 bits per heavy atom. The zero-order chi connectivity index (χ0) is 28.5. The Balaban J connectivity index is 0.000000301. The predicted octanol–water partition coefficient (Wildman–Crippen LogP) is 4.29. The van der Waals surface area contributed by atoms with Gasteiger partial charge in [-0.1, -0.05) is 6.07 Å². The van der Waals surface area contributed by atoms with Gasteiger partial charge in [0.2, 0.25) is 0 Å². The molecule has 38 heavy (non-hydrogen) atoms. The van der Waals surface area contributed by atoms with E-state index in [9.17, 15) is 26.3 Å². The molecular weight excluding hydrogens is 546 g/mol. The number of carbonyl (C=O) groups is 2. The second kappa shape index (κ2) is 13.7. The normalized spacial score (nSPS) is 18.2. The molecule has 2 fully saturated rings. The van der Waals surface area contributed by atoms with Crippen LogP contribution in [0.3, 0.4) is 0 Å². The molecule has 0 bridgehead atoms. The zero-order valence-corrected chi connectivity index (χ0v) is 20.9. The van der Waals surface area contributed by atoms with Gasteiger partial charge in [0.05, 0.1) is 30.6 Å². The molecule has 2 aliphatic heterocycles. The van der Waals surface area contributed by atoms with Crippen molar-refractivity contribution in [1.29, 1.82) is 0 Å². The zero-order valence-electron chi connectivity index (χ0n) is 20.1. The summed E-state index contributed by atoms with van der Waals surface area (Å²) < 4.78 is 69.2. The Kier molecular flexibility index (Phi) is 11.3. The molecule has 0 amide bonds. The maximum atomic E-state index is 10.6. The number of aromatic nitrogens is 2.